The summed E-state index contributed by atoms with van der Waals surface area (Å²) in [6, 6.07) is 4.43. The van der Waals surface area contributed by atoms with Gasteiger partial charge in [-0.1, -0.05) is 12.8 Å². The van der Waals surface area contributed by atoms with Crippen molar-refractivity contribution in [3.63, 3.8) is 0 Å². The average Bonchev–Trinajstić information content (AvgIpc) is 3.11. The van der Waals surface area contributed by atoms with E-state index >= 15 is 0 Å². The van der Waals surface area contributed by atoms with Gasteiger partial charge in [-0.05, 0) is 25.0 Å². The number of hydrogen-bond donors (Lipinski definition) is 1. The predicted octanol–water partition coefficient (Wildman–Crippen LogP) is 2.58. The van der Waals surface area contributed by atoms with Gasteiger partial charge in [-0.2, -0.15) is 5.26 Å². The lowest BCUT2D eigenvalue weighted by Crippen LogP contribution is -2.33. The first kappa shape index (κ1) is 18.3. The van der Waals surface area contributed by atoms with Gasteiger partial charge in [0.1, 0.15) is 11.6 Å². The second kappa shape index (κ2) is 8.15. The maximum Gasteiger partial charge on any atom is 0.280 e. The lowest BCUT2D eigenvalue weighted by molar-refractivity contribution is -0.385. The van der Waals surface area contributed by atoms with Crippen molar-refractivity contribution >= 4 is 17.7 Å². The summed E-state index contributed by atoms with van der Waals surface area (Å²) in [5.74, 6) is -0.0633. The summed E-state index contributed by atoms with van der Waals surface area (Å²) in [5.41, 5.74) is -0.373. The molecule has 1 fully saturated rings. The molecule has 1 aromatic carbocycles. The van der Waals surface area contributed by atoms with Crippen LogP contribution in [0.3, 0.4) is 0 Å². The summed E-state index contributed by atoms with van der Waals surface area (Å²) in [4.78, 5) is 23.0. The Labute approximate surface area is 145 Å². The molecule has 1 aliphatic rings. The molecule has 2 rings (SSSR count). The Kier molecular flexibility index (Phi) is 5.95. The van der Waals surface area contributed by atoms with Gasteiger partial charge < -0.3 is 14.8 Å². The van der Waals surface area contributed by atoms with Crippen LogP contribution >= 0.6 is 0 Å². The third-order valence-electron chi connectivity index (χ3n) is 4.08. The van der Waals surface area contributed by atoms with Crippen LogP contribution in [0.25, 0.3) is 6.08 Å². The van der Waals surface area contributed by atoms with E-state index in [4.69, 9.17) is 9.47 Å². The molecule has 0 atom stereocenters. The summed E-state index contributed by atoms with van der Waals surface area (Å²) >= 11 is 0. The zero-order valence-corrected chi connectivity index (χ0v) is 14.1. The summed E-state index contributed by atoms with van der Waals surface area (Å²) in [6.07, 6.45) is 5.03. The molecule has 1 saturated carbocycles. The Balaban J connectivity index is 2.39. The largest absolute Gasteiger partial charge is 0.493 e. The van der Waals surface area contributed by atoms with Crippen molar-refractivity contribution in [3.8, 4) is 17.6 Å². The first-order valence-corrected chi connectivity index (χ1v) is 7.83. The molecule has 1 aromatic rings. The van der Waals surface area contributed by atoms with Gasteiger partial charge in [0.2, 0.25) is 0 Å². The fourth-order valence-corrected chi connectivity index (χ4v) is 2.80. The maximum absolute atomic E-state index is 12.3. The fraction of sp³-hybridized carbons (Fsp3) is 0.412. The summed E-state index contributed by atoms with van der Waals surface area (Å²) in [5, 5.41) is 23.4. The van der Waals surface area contributed by atoms with Crippen molar-refractivity contribution in [2.75, 3.05) is 14.2 Å². The Morgan fingerprint density at radius 2 is 1.92 bits per heavy atom. The number of carbonyl (C=O) groups is 1. The maximum atomic E-state index is 12.3. The van der Waals surface area contributed by atoms with E-state index < -0.39 is 10.8 Å². The number of nitro benzene ring substituents is 1. The van der Waals surface area contributed by atoms with Crippen LogP contribution in [0.15, 0.2) is 17.7 Å². The Hall–Kier alpha value is -3.08. The van der Waals surface area contributed by atoms with Crippen LogP contribution in [0, 0.1) is 21.4 Å². The molecule has 0 aliphatic heterocycles. The number of hydrogen-bond acceptors (Lipinski definition) is 6. The molecule has 0 saturated heterocycles. The number of nitrogens with one attached hydrogen (secondary N) is 1. The highest BCUT2D eigenvalue weighted by Crippen LogP contribution is 2.35. The molecule has 0 unspecified atom stereocenters. The first-order valence-electron chi connectivity index (χ1n) is 7.83. The van der Waals surface area contributed by atoms with Gasteiger partial charge in [-0.3, -0.25) is 14.9 Å². The van der Waals surface area contributed by atoms with E-state index in [9.17, 15) is 20.2 Å². The van der Waals surface area contributed by atoms with Crippen molar-refractivity contribution in [1.82, 2.24) is 5.32 Å². The lowest BCUT2D eigenvalue weighted by Gasteiger charge is -2.11. The molecule has 25 heavy (non-hydrogen) atoms. The number of benzene rings is 1. The molecular weight excluding hydrogens is 326 g/mol. The standard InChI is InChI=1S/C17H19N3O5/c1-24-15-8-11(14(20(22)23)9-16(15)25-2)7-12(10-18)17(21)19-13-5-3-4-6-13/h7-9,13H,3-6H2,1-2H3,(H,19,21)/b12-7-. The van der Waals surface area contributed by atoms with Crippen LogP contribution in [-0.4, -0.2) is 31.1 Å². The van der Waals surface area contributed by atoms with Crippen LogP contribution in [0.2, 0.25) is 0 Å². The second-order valence-electron chi connectivity index (χ2n) is 5.65. The third kappa shape index (κ3) is 4.26. The summed E-state index contributed by atoms with van der Waals surface area (Å²) in [7, 11) is 2.77. The van der Waals surface area contributed by atoms with Gasteiger partial charge in [0.15, 0.2) is 11.5 Å². The van der Waals surface area contributed by atoms with Crippen LogP contribution in [-0.2, 0) is 4.79 Å². The zero-order valence-electron chi connectivity index (χ0n) is 14.1. The highest BCUT2D eigenvalue weighted by Gasteiger charge is 2.22. The molecule has 1 amide bonds. The molecule has 8 heteroatoms. The Morgan fingerprint density at radius 3 is 2.44 bits per heavy atom. The van der Waals surface area contributed by atoms with E-state index in [2.05, 4.69) is 5.32 Å². The van der Waals surface area contributed by atoms with E-state index in [-0.39, 0.29) is 34.4 Å². The van der Waals surface area contributed by atoms with Gasteiger partial charge in [0.25, 0.3) is 11.6 Å². The fourth-order valence-electron chi connectivity index (χ4n) is 2.80. The molecule has 0 bridgehead atoms. The number of amides is 1. The summed E-state index contributed by atoms with van der Waals surface area (Å²) < 4.78 is 10.2. The zero-order chi connectivity index (χ0) is 18.4. The normalized spacial score (nSPS) is 14.7. The predicted molar refractivity (Wildman–Crippen MR) is 90.2 cm³/mol. The number of nitriles is 1. The molecule has 0 radical (unpaired) electrons. The SMILES string of the molecule is COc1cc(/C=C(/C#N)C(=O)NC2CCCC2)c([N+](=O)[O-])cc1OC. The van der Waals surface area contributed by atoms with Gasteiger partial charge in [0.05, 0.1) is 30.8 Å². The van der Waals surface area contributed by atoms with Crippen molar-refractivity contribution in [3.05, 3.63) is 33.4 Å². The van der Waals surface area contributed by atoms with E-state index in [0.717, 1.165) is 25.7 Å². The highest BCUT2D eigenvalue weighted by molar-refractivity contribution is 6.02. The Morgan fingerprint density at radius 1 is 1.32 bits per heavy atom. The topological polar surface area (TPSA) is 114 Å². The number of ether oxygens (including phenoxy) is 2. The molecule has 0 aromatic heterocycles. The van der Waals surface area contributed by atoms with Crippen molar-refractivity contribution in [2.24, 2.45) is 0 Å². The third-order valence-corrected chi connectivity index (χ3v) is 4.08. The minimum Gasteiger partial charge on any atom is -0.493 e. The number of nitro groups is 1. The van der Waals surface area contributed by atoms with E-state index in [1.807, 2.05) is 6.07 Å². The van der Waals surface area contributed by atoms with Crippen molar-refractivity contribution < 1.29 is 19.2 Å². The molecule has 0 heterocycles. The molecule has 8 nitrogen and oxygen atoms in total. The van der Waals surface area contributed by atoms with Crippen LogP contribution < -0.4 is 14.8 Å². The molecule has 0 spiro atoms. The second-order valence-corrected chi connectivity index (χ2v) is 5.65. The number of carbonyl (C=O) groups excluding carboxylic acids is 1. The summed E-state index contributed by atoms with van der Waals surface area (Å²) in [6.45, 7) is 0. The molecule has 1 aliphatic carbocycles. The van der Waals surface area contributed by atoms with E-state index in [0.29, 0.717) is 0 Å². The molecule has 1 N–H and O–H groups in total. The number of nitrogens with zero attached hydrogens (tertiary/aromatic N) is 2. The van der Waals surface area contributed by atoms with Gasteiger partial charge >= 0.3 is 0 Å². The molecular formula is C17H19N3O5. The first-order chi connectivity index (χ1) is 12.0. The lowest BCUT2D eigenvalue weighted by atomic mass is 10.1. The number of rotatable bonds is 6. The number of methoxy groups -OCH3 is 2. The van der Waals surface area contributed by atoms with E-state index in [1.54, 1.807) is 0 Å². The minimum atomic E-state index is -0.600. The van der Waals surface area contributed by atoms with Crippen molar-refractivity contribution in [1.29, 1.82) is 5.26 Å². The van der Waals surface area contributed by atoms with Crippen molar-refractivity contribution in [2.45, 2.75) is 31.7 Å². The van der Waals surface area contributed by atoms with Gasteiger partial charge in [-0.15, -0.1) is 0 Å². The molecule has 132 valence electrons. The Bertz CT molecular complexity index is 745. The van der Waals surface area contributed by atoms with Gasteiger partial charge in [0, 0.05) is 6.04 Å². The minimum absolute atomic E-state index is 0.0460. The average molecular weight is 345 g/mol. The van der Waals surface area contributed by atoms with Crippen LogP contribution in [0.5, 0.6) is 11.5 Å². The van der Waals surface area contributed by atoms with E-state index in [1.165, 1.54) is 32.4 Å². The van der Waals surface area contributed by atoms with Crippen LogP contribution in [0.1, 0.15) is 31.2 Å². The highest BCUT2D eigenvalue weighted by atomic mass is 16.6. The van der Waals surface area contributed by atoms with Gasteiger partial charge in [-0.25, -0.2) is 0 Å². The van der Waals surface area contributed by atoms with Crippen LogP contribution in [0.4, 0.5) is 5.69 Å². The monoisotopic (exact) mass is 345 g/mol. The quantitative estimate of drug-likeness (QED) is 0.367. The smallest absolute Gasteiger partial charge is 0.280 e.